The van der Waals surface area contributed by atoms with E-state index in [-0.39, 0.29) is 5.82 Å². The Morgan fingerprint density at radius 3 is 1.33 bits per heavy atom. The first-order valence-corrected chi connectivity index (χ1v) is 17.3. The summed E-state index contributed by atoms with van der Waals surface area (Å²) in [6.07, 6.45) is 15.0. The molecule has 0 atom stereocenters. The highest BCUT2D eigenvalue weighted by Gasteiger charge is 2.06. The second kappa shape index (κ2) is 21.2. The van der Waals surface area contributed by atoms with Crippen LogP contribution in [0.4, 0.5) is 4.39 Å². The monoisotopic (exact) mass is 610 g/mol. The molecular formula is C42H55FO2. The van der Waals surface area contributed by atoms with E-state index in [1.807, 2.05) is 37.3 Å². The van der Waals surface area contributed by atoms with Crippen molar-refractivity contribution < 1.29 is 13.9 Å². The Kier molecular flexibility index (Phi) is 16.9. The Balaban J connectivity index is 0.000000246. The van der Waals surface area contributed by atoms with Crippen molar-refractivity contribution in [1.82, 2.24) is 0 Å². The largest absolute Gasteiger partial charge is 0.494 e. The van der Waals surface area contributed by atoms with Gasteiger partial charge >= 0.3 is 0 Å². The van der Waals surface area contributed by atoms with Gasteiger partial charge in [-0.2, -0.15) is 0 Å². The van der Waals surface area contributed by atoms with Crippen LogP contribution in [0.1, 0.15) is 102 Å². The van der Waals surface area contributed by atoms with Crippen LogP contribution in [0.3, 0.4) is 0 Å². The zero-order valence-corrected chi connectivity index (χ0v) is 28.3. The highest BCUT2D eigenvalue weighted by Crippen LogP contribution is 2.26. The molecule has 242 valence electrons. The molecule has 0 aliphatic heterocycles. The van der Waals surface area contributed by atoms with E-state index < -0.39 is 0 Å². The number of hydrogen-bond donors (Lipinski definition) is 0. The molecule has 4 rings (SSSR count). The average Bonchev–Trinajstić information content (AvgIpc) is 3.06. The molecular weight excluding hydrogens is 555 g/mol. The summed E-state index contributed by atoms with van der Waals surface area (Å²) < 4.78 is 25.6. The zero-order chi connectivity index (χ0) is 32.1. The molecule has 4 aromatic carbocycles. The minimum Gasteiger partial charge on any atom is -0.494 e. The van der Waals surface area contributed by atoms with Crippen LogP contribution in [0.25, 0.3) is 22.3 Å². The Morgan fingerprint density at radius 1 is 0.444 bits per heavy atom. The van der Waals surface area contributed by atoms with Crippen molar-refractivity contribution in [1.29, 1.82) is 0 Å². The summed E-state index contributed by atoms with van der Waals surface area (Å²) in [4.78, 5) is 0. The van der Waals surface area contributed by atoms with E-state index >= 15 is 0 Å². The lowest BCUT2D eigenvalue weighted by molar-refractivity contribution is 0.290. The summed E-state index contributed by atoms with van der Waals surface area (Å²) in [6, 6.07) is 30.4. The molecule has 2 nitrogen and oxygen atoms in total. The van der Waals surface area contributed by atoms with Gasteiger partial charge in [-0.1, -0.05) is 156 Å². The third-order valence-corrected chi connectivity index (χ3v) is 8.08. The van der Waals surface area contributed by atoms with Gasteiger partial charge in [0.1, 0.15) is 5.75 Å². The van der Waals surface area contributed by atoms with Crippen molar-refractivity contribution >= 4 is 0 Å². The van der Waals surface area contributed by atoms with E-state index in [1.165, 1.54) is 80.0 Å². The molecule has 0 aliphatic rings. The van der Waals surface area contributed by atoms with Crippen molar-refractivity contribution in [2.75, 3.05) is 13.2 Å². The lowest BCUT2D eigenvalue weighted by Gasteiger charge is -2.09. The molecule has 0 heterocycles. The predicted octanol–water partition coefficient (Wildman–Crippen LogP) is 12.9. The number of unbranched alkanes of at least 4 members (excludes halogenated alkanes) is 10. The first-order valence-electron chi connectivity index (χ1n) is 17.3. The van der Waals surface area contributed by atoms with Gasteiger partial charge in [0.2, 0.25) is 0 Å². The molecule has 4 aromatic rings. The fraction of sp³-hybridized carbons (Fsp3) is 0.429. The quantitative estimate of drug-likeness (QED) is 0.104. The van der Waals surface area contributed by atoms with E-state index in [9.17, 15) is 4.39 Å². The summed E-state index contributed by atoms with van der Waals surface area (Å²) in [5.41, 5.74) is 6.90. The minimum absolute atomic E-state index is 0.283. The molecule has 0 saturated carbocycles. The fourth-order valence-electron chi connectivity index (χ4n) is 5.17. The third kappa shape index (κ3) is 13.9. The van der Waals surface area contributed by atoms with Gasteiger partial charge in [-0.05, 0) is 73.2 Å². The smallest absolute Gasteiger partial charge is 0.165 e. The van der Waals surface area contributed by atoms with Crippen LogP contribution >= 0.6 is 0 Å². The number of aryl methyl sites for hydroxylation is 2. The number of hydrogen-bond acceptors (Lipinski definition) is 2. The SMILES string of the molecule is CCCCCCCCOc1ccc(-c2ccc(C)cc2)cc1.CCCCCCCCOc1ccc(-c2ccc(C)cc2)cc1F. The fourth-order valence-corrected chi connectivity index (χ4v) is 5.17. The molecule has 0 fully saturated rings. The molecule has 0 bridgehead atoms. The Bertz CT molecular complexity index is 1330. The van der Waals surface area contributed by atoms with Crippen LogP contribution in [0.15, 0.2) is 91.0 Å². The number of benzene rings is 4. The van der Waals surface area contributed by atoms with Crippen molar-refractivity contribution in [3.63, 3.8) is 0 Å². The molecule has 0 aliphatic carbocycles. The molecule has 0 saturated heterocycles. The summed E-state index contributed by atoms with van der Waals surface area (Å²) in [5.74, 6) is 1.05. The highest BCUT2D eigenvalue weighted by atomic mass is 19.1. The first kappa shape index (κ1) is 35.9. The lowest BCUT2D eigenvalue weighted by Crippen LogP contribution is -1.99. The van der Waals surface area contributed by atoms with Crippen LogP contribution in [0, 0.1) is 19.7 Å². The van der Waals surface area contributed by atoms with E-state index in [0.29, 0.717) is 12.4 Å². The van der Waals surface area contributed by atoms with Crippen LogP contribution in [-0.2, 0) is 0 Å². The Labute approximate surface area is 273 Å². The van der Waals surface area contributed by atoms with Crippen molar-refractivity contribution in [2.24, 2.45) is 0 Å². The van der Waals surface area contributed by atoms with Crippen LogP contribution in [0.5, 0.6) is 11.5 Å². The van der Waals surface area contributed by atoms with Gasteiger partial charge in [0.05, 0.1) is 13.2 Å². The van der Waals surface area contributed by atoms with Gasteiger partial charge in [0.15, 0.2) is 11.6 Å². The molecule has 0 unspecified atom stereocenters. The first-order chi connectivity index (χ1) is 22.0. The van der Waals surface area contributed by atoms with Crippen molar-refractivity contribution in [3.8, 4) is 33.8 Å². The Morgan fingerprint density at radius 2 is 0.844 bits per heavy atom. The van der Waals surface area contributed by atoms with Crippen LogP contribution < -0.4 is 9.47 Å². The maximum Gasteiger partial charge on any atom is 0.165 e. The van der Waals surface area contributed by atoms with Gasteiger partial charge in [-0.25, -0.2) is 4.39 Å². The number of halogens is 1. The van der Waals surface area contributed by atoms with Crippen LogP contribution in [-0.4, -0.2) is 13.2 Å². The maximum absolute atomic E-state index is 14.2. The van der Waals surface area contributed by atoms with E-state index in [0.717, 1.165) is 42.7 Å². The summed E-state index contributed by atoms with van der Waals surface area (Å²) in [5, 5.41) is 0. The van der Waals surface area contributed by atoms with Gasteiger partial charge in [-0.3, -0.25) is 0 Å². The standard InChI is InChI=1S/C21H27FO.C21H28O/c1-3-4-5-6-7-8-15-23-21-14-13-19(16-20(21)22)18-11-9-17(2)10-12-18;1-3-4-5-6-7-8-17-22-21-15-13-20(14-16-21)19-11-9-18(2)10-12-19/h9-14,16H,3-8,15H2,1-2H3;9-16H,3-8,17H2,1-2H3. The molecule has 0 aromatic heterocycles. The summed E-state index contributed by atoms with van der Waals surface area (Å²) >= 11 is 0. The molecule has 0 N–H and O–H groups in total. The summed E-state index contributed by atoms with van der Waals surface area (Å²) in [7, 11) is 0. The minimum atomic E-state index is -0.283. The number of ether oxygens (including phenoxy) is 2. The maximum atomic E-state index is 14.2. The van der Waals surface area contributed by atoms with Crippen LogP contribution in [0.2, 0.25) is 0 Å². The molecule has 0 radical (unpaired) electrons. The molecule has 45 heavy (non-hydrogen) atoms. The highest BCUT2D eigenvalue weighted by molar-refractivity contribution is 5.65. The molecule has 3 heteroatoms. The van der Waals surface area contributed by atoms with Crippen molar-refractivity contribution in [3.05, 3.63) is 108 Å². The van der Waals surface area contributed by atoms with Gasteiger partial charge < -0.3 is 9.47 Å². The van der Waals surface area contributed by atoms with Crippen molar-refractivity contribution in [2.45, 2.75) is 105 Å². The van der Waals surface area contributed by atoms with E-state index in [1.54, 1.807) is 12.1 Å². The lowest BCUT2D eigenvalue weighted by atomic mass is 10.0. The average molecular weight is 611 g/mol. The van der Waals surface area contributed by atoms with E-state index in [4.69, 9.17) is 9.47 Å². The number of rotatable bonds is 18. The van der Waals surface area contributed by atoms with Gasteiger partial charge in [-0.15, -0.1) is 0 Å². The molecule has 0 spiro atoms. The second-order valence-corrected chi connectivity index (χ2v) is 12.1. The van der Waals surface area contributed by atoms with Gasteiger partial charge in [0.25, 0.3) is 0 Å². The Hall–Kier alpha value is -3.59. The predicted molar refractivity (Wildman–Crippen MR) is 191 cm³/mol. The topological polar surface area (TPSA) is 18.5 Å². The summed E-state index contributed by atoms with van der Waals surface area (Å²) in [6.45, 7) is 10.0. The normalized spacial score (nSPS) is 10.7. The molecule has 0 amide bonds. The third-order valence-electron chi connectivity index (χ3n) is 8.08. The van der Waals surface area contributed by atoms with Gasteiger partial charge in [0, 0.05) is 0 Å². The van der Waals surface area contributed by atoms with E-state index in [2.05, 4.69) is 69.3 Å². The second-order valence-electron chi connectivity index (χ2n) is 12.1. The zero-order valence-electron chi connectivity index (χ0n) is 28.3.